The van der Waals surface area contributed by atoms with Crippen LogP contribution in [0, 0.1) is 0 Å². The molecule has 1 amide bonds. The number of carbonyl (C=O) groups is 1. The van der Waals surface area contributed by atoms with Crippen molar-refractivity contribution in [2.45, 2.75) is 37.3 Å². The van der Waals surface area contributed by atoms with E-state index in [2.05, 4.69) is 29.0 Å². The molecule has 2 heterocycles. The molecule has 0 bridgehead atoms. The van der Waals surface area contributed by atoms with Gasteiger partial charge in [-0.1, -0.05) is 72.8 Å². The molecule has 2 N–H and O–H groups in total. The number of ether oxygens (including phenoxy) is 4. The predicted molar refractivity (Wildman–Crippen MR) is 198 cm³/mol. The molecule has 0 unspecified atom stereocenters. The van der Waals surface area contributed by atoms with E-state index in [0.717, 1.165) is 16.7 Å². The summed E-state index contributed by atoms with van der Waals surface area (Å²) in [5, 5.41) is 13.8. The molecule has 0 spiro atoms. The SMILES string of the molecule is COc1ccc(C(OC[C@@]2(CO)CN(C(C)C)C[C@H](n3ccc(NC(=O)c4ccccc4)nc3=O)O2)(c2ccccc2)c2ccc(OC)cc2)cc1. The lowest BCUT2D eigenvalue weighted by Crippen LogP contribution is -2.61. The highest BCUT2D eigenvalue weighted by Gasteiger charge is 2.46. The summed E-state index contributed by atoms with van der Waals surface area (Å²) in [7, 11) is 3.24. The van der Waals surface area contributed by atoms with Crippen LogP contribution in [-0.4, -0.2) is 77.6 Å². The molecule has 0 aliphatic carbocycles. The number of hydrogen-bond donors (Lipinski definition) is 2. The Hall–Kier alpha value is -5.33. The third kappa shape index (κ3) is 7.63. The standard InChI is InChI=1S/C41H44N4O7/c1-29(2)44-25-37(45-24-23-36(43-39(45)48)42-38(47)30-11-7-5-8-12-30)52-40(26-44,27-46)28-51-41(31-13-9-6-10-14-31,32-15-19-34(49-3)20-16-32)33-17-21-35(50-4)22-18-33/h5-24,29,37,46H,25-28H2,1-4H3,(H,42,43,47,48)/t37-,40+/m1/s1. The van der Waals surface area contributed by atoms with E-state index in [4.69, 9.17) is 18.9 Å². The van der Waals surface area contributed by atoms with Gasteiger partial charge in [-0.05, 0) is 73.0 Å². The Balaban J connectivity index is 1.37. The minimum atomic E-state index is -1.26. The van der Waals surface area contributed by atoms with Gasteiger partial charge in [-0.15, -0.1) is 0 Å². The first-order valence-corrected chi connectivity index (χ1v) is 17.2. The number of aliphatic hydroxyl groups excluding tert-OH is 1. The number of rotatable bonds is 13. The van der Waals surface area contributed by atoms with Crippen LogP contribution in [0.25, 0.3) is 0 Å². The summed E-state index contributed by atoms with van der Waals surface area (Å²) in [4.78, 5) is 32.5. The van der Waals surface area contributed by atoms with E-state index in [1.807, 2.05) is 84.9 Å². The zero-order chi connectivity index (χ0) is 36.7. The summed E-state index contributed by atoms with van der Waals surface area (Å²) in [6, 6.07) is 35.6. The van der Waals surface area contributed by atoms with Crippen LogP contribution in [0.2, 0.25) is 0 Å². The normalized spacial score (nSPS) is 17.8. The summed E-state index contributed by atoms with van der Waals surface area (Å²) in [6.07, 6.45) is 0.731. The predicted octanol–water partition coefficient (Wildman–Crippen LogP) is 5.49. The molecule has 270 valence electrons. The molecule has 5 aromatic rings. The largest absolute Gasteiger partial charge is 0.497 e. The molecular weight excluding hydrogens is 660 g/mol. The lowest BCUT2D eigenvalue weighted by Gasteiger charge is -2.48. The number of anilines is 1. The van der Waals surface area contributed by atoms with Gasteiger partial charge in [0.1, 0.15) is 28.5 Å². The highest BCUT2D eigenvalue weighted by atomic mass is 16.6. The fraction of sp³-hybridized carbons (Fsp3) is 0.293. The van der Waals surface area contributed by atoms with Crippen molar-refractivity contribution in [3.63, 3.8) is 0 Å². The minimum absolute atomic E-state index is 0.0486. The van der Waals surface area contributed by atoms with E-state index in [9.17, 15) is 14.7 Å². The first kappa shape index (κ1) is 36.5. The first-order valence-electron chi connectivity index (χ1n) is 17.2. The van der Waals surface area contributed by atoms with Gasteiger partial charge in [0, 0.05) is 30.9 Å². The molecule has 0 saturated carbocycles. The lowest BCUT2D eigenvalue weighted by molar-refractivity contribution is -0.233. The molecule has 0 radical (unpaired) electrons. The number of aliphatic hydroxyl groups is 1. The van der Waals surface area contributed by atoms with E-state index in [1.54, 1.807) is 50.7 Å². The maximum absolute atomic E-state index is 13.5. The monoisotopic (exact) mass is 704 g/mol. The average molecular weight is 705 g/mol. The number of morpholine rings is 1. The summed E-state index contributed by atoms with van der Waals surface area (Å²) in [5.74, 6) is 1.14. The number of methoxy groups -OCH3 is 2. The number of nitrogens with one attached hydrogen (secondary N) is 1. The van der Waals surface area contributed by atoms with Crippen molar-refractivity contribution in [3.05, 3.63) is 154 Å². The van der Waals surface area contributed by atoms with Crippen molar-refractivity contribution in [2.75, 3.05) is 45.8 Å². The molecule has 1 fully saturated rings. The summed E-state index contributed by atoms with van der Waals surface area (Å²) < 4.78 is 26.2. The topological polar surface area (TPSA) is 124 Å². The van der Waals surface area contributed by atoms with E-state index in [0.29, 0.717) is 30.2 Å². The second-order valence-electron chi connectivity index (χ2n) is 13.1. The number of hydrogen-bond acceptors (Lipinski definition) is 9. The second kappa shape index (κ2) is 15.9. The lowest BCUT2D eigenvalue weighted by atomic mass is 9.79. The Morgan fingerprint density at radius 2 is 1.44 bits per heavy atom. The van der Waals surface area contributed by atoms with Crippen molar-refractivity contribution >= 4 is 11.7 Å². The zero-order valence-electron chi connectivity index (χ0n) is 29.8. The zero-order valence-corrected chi connectivity index (χ0v) is 29.8. The molecule has 1 saturated heterocycles. The maximum Gasteiger partial charge on any atom is 0.351 e. The van der Waals surface area contributed by atoms with E-state index in [1.165, 1.54) is 4.57 Å². The van der Waals surface area contributed by atoms with Crippen molar-refractivity contribution < 1.29 is 28.8 Å². The molecule has 11 nitrogen and oxygen atoms in total. The van der Waals surface area contributed by atoms with Crippen LogP contribution in [0.5, 0.6) is 11.5 Å². The fourth-order valence-corrected chi connectivity index (χ4v) is 6.54. The number of aromatic nitrogens is 2. The Labute approximate surface area is 303 Å². The van der Waals surface area contributed by atoms with E-state index in [-0.39, 0.29) is 24.4 Å². The molecule has 1 aliphatic rings. The Morgan fingerprint density at radius 1 is 0.885 bits per heavy atom. The maximum atomic E-state index is 13.5. The Morgan fingerprint density at radius 3 is 1.96 bits per heavy atom. The summed E-state index contributed by atoms with van der Waals surface area (Å²) in [6.45, 7) is 4.35. The molecule has 11 heteroatoms. The summed E-state index contributed by atoms with van der Waals surface area (Å²) >= 11 is 0. The van der Waals surface area contributed by atoms with Crippen LogP contribution >= 0.6 is 0 Å². The molecular formula is C41H44N4O7. The van der Waals surface area contributed by atoms with Gasteiger partial charge >= 0.3 is 5.69 Å². The molecule has 1 aromatic heterocycles. The van der Waals surface area contributed by atoms with Crippen LogP contribution in [-0.2, 0) is 15.1 Å². The molecule has 2 atom stereocenters. The van der Waals surface area contributed by atoms with Gasteiger partial charge in [0.25, 0.3) is 5.91 Å². The Bertz CT molecular complexity index is 1940. The molecule has 1 aliphatic heterocycles. The minimum Gasteiger partial charge on any atom is -0.497 e. The van der Waals surface area contributed by atoms with Crippen LogP contribution in [0.1, 0.15) is 47.1 Å². The fourth-order valence-electron chi connectivity index (χ4n) is 6.54. The van der Waals surface area contributed by atoms with Gasteiger partial charge in [-0.2, -0.15) is 4.98 Å². The molecule has 4 aromatic carbocycles. The Kier molecular flexibility index (Phi) is 11.2. The van der Waals surface area contributed by atoms with Gasteiger partial charge in [-0.3, -0.25) is 14.3 Å². The highest BCUT2D eigenvalue weighted by Crippen LogP contribution is 2.43. The van der Waals surface area contributed by atoms with Crippen LogP contribution in [0.4, 0.5) is 5.82 Å². The van der Waals surface area contributed by atoms with Crippen molar-refractivity contribution in [1.29, 1.82) is 0 Å². The molecule has 52 heavy (non-hydrogen) atoms. The quantitative estimate of drug-likeness (QED) is 0.153. The van der Waals surface area contributed by atoms with Crippen molar-refractivity contribution in [3.8, 4) is 11.5 Å². The number of carbonyl (C=O) groups excluding carboxylic acids is 1. The third-order valence-corrected chi connectivity index (χ3v) is 9.43. The molecule has 6 rings (SSSR count). The smallest absolute Gasteiger partial charge is 0.351 e. The first-order chi connectivity index (χ1) is 25.2. The second-order valence-corrected chi connectivity index (χ2v) is 13.1. The van der Waals surface area contributed by atoms with Crippen LogP contribution < -0.4 is 20.5 Å². The average Bonchev–Trinajstić information content (AvgIpc) is 3.19. The van der Waals surface area contributed by atoms with Gasteiger partial charge < -0.3 is 29.4 Å². The number of nitrogens with zero attached hydrogens (tertiary/aromatic N) is 3. The van der Waals surface area contributed by atoms with Crippen molar-refractivity contribution in [1.82, 2.24) is 14.5 Å². The van der Waals surface area contributed by atoms with Gasteiger partial charge in [-0.25, -0.2) is 4.79 Å². The van der Waals surface area contributed by atoms with Gasteiger partial charge in [0.15, 0.2) is 6.23 Å². The highest BCUT2D eigenvalue weighted by molar-refractivity contribution is 6.03. The van der Waals surface area contributed by atoms with Gasteiger partial charge in [0.05, 0.1) is 27.4 Å². The number of amides is 1. The number of benzene rings is 4. The van der Waals surface area contributed by atoms with Crippen LogP contribution in [0.3, 0.4) is 0 Å². The van der Waals surface area contributed by atoms with E-state index >= 15 is 0 Å². The summed E-state index contributed by atoms with van der Waals surface area (Å²) in [5.41, 5.74) is -0.0487. The van der Waals surface area contributed by atoms with Crippen LogP contribution in [0.15, 0.2) is 126 Å². The third-order valence-electron chi connectivity index (χ3n) is 9.43. The van der Waals surface area contributed by atoms with E-state index < -0.39 is 29.7 Å². The van der Waals surface area contributed by atoms with Crippen molar-refractivity contribution in [2.24, 2.45) is 0 Å². The van der Waals surface area contributed by atoms with Gasteiger partial charge in [0.2, 0.25) is 0 Å².